The molecule has 2 aliphatic rings. The zero-order chi connectivity index (χ0) is 14.1. The number of rotatable bonds is 1. The molecular formula is C17H22N4. The number of anilines is 1. The van der Waals surface area contributed by atoms with Gasteiger partial charge < -0.3 is 10.2 Å². The monoisotopic (exact) mass is 282 g/mol. The van der Waals surface area contributed by atoms with Gasteiger partial charge in [0.15, 0.2) is 0 Å². The van der Waals surface area contributed by atoms with Gasteiger partial charge in [0.25, 0.3) is 0 Å². The Morgan fingerprint density at radius 2 is 1.95 bits per heavy atom. The lowest BCUT2D eigenvalue weighted by atomic mass is 9.78. The number of benzene rings is 1. The molecule has 4 rings (SSSR count). The van der Waals surface area contributed by atoms with Gasteiger partial charge in [-0.1, -0.05) is 37.5 Å². The van der Waals surface area contributed by atoms with Gasteiger partial charge in [0.05, 0.1) is 22.9 Å². The van der Waals surface area contributed by atoms with Crippen molar-refractivity contribution in [2.45, 2.75) is 37.6 Å². The Hall–Kier alpha value is -1.68. The SMILES string of the molecule is c1ccc2c(N3CCNCC34CCCCC4)cnnc2c1. The molecule has 1 aliphatic carbocycles. The van der Waals surface area contributed by atoms with Gasteiger partial charge in [-0.15, -0.1) is 0 Å². The summed E-state index contributed by atoms with van der Waals surface area (Å²) in [5, 5.41) is 13.4. The minimum Gasteiger partial charge on any atom is -0.361 e. The van der Waals surface area contributed by atoms with Crippen molar-refractivity contribution in [3.8, 4) is 0 Å². The highest BCUT2D eigenvalue weighted by Crippen LogP contribution is 2.39. The standard InChI is InChI=1S/C17H22N4/c1-4-8-17(9-5-1)13-18-10-11-21(17)16-12-19-20-15-7-3-2-6-14(15)16/h2-3,6-7,12,18H,1,4-5,8-11,13H2. The summed E-state index contributed by atoms with van der Waals surface area (Å²) in [6.07, 6.45) is 8.60. The van der Waals surface area contributed by atoms with Gasteiger partial charge in [0, 0.05) is 25.0 Å². The summed E-state index contributed by atoms with van der Waals surface area (Å²) in [6, 6.07) is 8.37. The smallest absolute Gasteiger partial charge is 0.0950 e. The fraction of sp³-hybridized carbons (Fsp3) is 0.529. The first kappa shape index (κ1) is 13.0. The van der Waals surface area contributed by atoms with Gasteiger partial charge in [0.1, 0.15) is 0 Å². The number of piperazine rings is 1. The van der Waals surface area contributed by atoms with E-state index >= 15 is 0 Å². The Labute approximate surface area is 125 Å². The Kier molecular flexibility index (Phi) is 3.26. The van der Waals surface area contributed by atoms with Crippen molar-refractivity contribution < 1.29 is 0 Å². The van der Waals surface area contributed by atoms with E-state index in [-0.39, 0.29) is 5.54 Å². The van der Waals surface area contributed by atoms with Crippen LogP contribution in [0, 0.1) is 0 Å². The number of fused-ring (bicyclic) bond motifs is 1. The van der Waals surface area contributed by atoms with Crippen molar-refractivity contribution in [2.24, 2.45) is 0 Å². The summed E-state index contributed by atoms with van der Waals surface area (Å²) in [5.41, 5.74) is 2.55. The molecule has 4 nitrogen and oxygen atoms in total. The van der Waals surface area contributed by atoms with Crippen LogP contribution in [0.1, 0.15) is 32.1 Å². The predicted octanol–water partition coefficient (Wildman–Crippen LogP) is 2.74. The van der Waals surface area contributed by atoms with Crippen LogP contribution in [-0.2, 0) is 0 Å². The minimum absolute atomic E-state index is 0.280. The number of nitrogens with zero attached hydrogens (tertiary/aromatic N) is 3. The summed E-state index contributed by atoms with van der Waals surface area (Å²) in [7, 11) is 0. The molecule has 2 aromatic rings. The first-order valence-electron chi connectivity index (χ1n) is 8.08. The minimum atomic E-state index is 0.280. The zero-order valence-corrected chi connectivity index (χ0v) is 12.4. The predicted molar refractivity (Wildman–Crippen MR) is 85.6 cm³/mol. The maximum absolute atomic E-state index is 4.28. The molecule has 21 heavy (non-hydrogen) atoms. The Balaban J connectivity index is 1.81. The van der Waals surface area contributed by atoms with Gasteiger partial charge in [-0.05, 0) is 18.9 Å². The van der Waals surface area contributed by atoms with Crippen molar-refractivity contribution in [1.82, 2.24) is 15.5 Å². The second-order valence-electron chi connectivity index (χ2n) is 6.36. The quantitative estimate of drug-likeness (QED) is 0.873. The molecule has 1 aromatic carbocycles. The number of hydrogen-bond donors (Lipinski definition) is 1. The molecular weight excluding hydrogens is 260 g/mol. The van der Waals surface area contributed by atoms with Crippen molar-refractivity contribution in [3.63, 3.8) is 0 Å². The highest BCUT2D eigenvalue weighted by atomic mass is 15.3. The van der Waals surface area contributed by atoms with Crippen LogP contribution >= 0.6 is 0 Å². The van der Waals surface area contributed by atoms with Crippen molar-refractivity contribution in [3.05, 3.63) is 30.5 Å². The van der Waals surface area contributed by atoms with Crippen LogP contribution < -0.4 is 10.2 Å². The molecule has 1 N–H and O–H groups in total. The van der Waals surface area contributed by atoms with E-state index in [1.807, 2.05) is 12.3 Å². The molecule has 1 aliphatic heterocycles. The molecule has 2 fully saturated rings. The molecule has 0 unspecified atom stereocenters. The third-order valence-corrected chi connectivity index (χ3v) is 5.14. The van der Waals surface area contributed by atoms with Crippen LogP contribution in [-0.4, -0.2) is 35.4 Å². The first-order chi connectivity index (χ1) is 10.4. The molecule has 1 aromatic heterocycles. The lowest BCUT2D eigenvalue weighted by Gasteiger charge is -2.51. The van der Waals surface area contributed by atoms with E-state index in [1.165, 1.54) is 43.2 Å². The van der Waals surface area contributed by atoms with E-state index in [4.69, 9.17) is 0 Å². The summed E-state index contributed by atoms with van der Waals surface area (Å²) < 4.78 is 0. The fourth-order valence-electron chi connectivity index (χ4n) is 4.08. The molecule has 1 spiro atoms. The number of aromatic nitrogens is 2. The van der Waals surface area contributed by atoms with E-state index in [0.717, 1.165) is 25.2 Å². The lowest BCUT2D eigenvalue weighted by molar-refractivity contribution is 0.241. The maximum atomic E-state index is 4.28. The third kappa shape index (κ3) is 2.18. The van der Waals surface area contributed by atoms with Crippen LogP contribution in [0.2, 0.25) is 0 Å². The highest BCUT2D eigenvalue weighted by Gasteiger charge is 2.40. The molecule has 1 saturated carbocycles. The third-order valence-electron chi connectivity index (χ3n) is 5.14. The van der Waals surface area contributed by atoms with Gasteiger partial charge >= 0.3 is 0 Å². The Bertz CT molecular complexity index is 620. The summed E-state index contributed by atoms with van der Waals surface area (Å²) in [5.74, 6) is 0. The molecule has 2 heterocycles. The van der Waals surface area contributed by atoms with Crippen molar-refractivity contribution >= 4 is 16.6 Å². The topological polar surface area (TPSA) is 41.0 Å². The van der Waals surface area contributed by atoms with Crippen LogP contribution in [0.4, 0.5) is 5.69 Å². The number of hydrogen-bond acceptors (Lipinski definition) is 4. The van der Waals surface area contributed by atoms with Crippen LogP contribution in [0.3, 0.4) is 0 Å². The van der Waals surface area contributed by atoms with Gasteiger partial charge in [0.2, 0.25) is 0 Å². The van der Waals surface area contributed by atoms with E-state index < -0.39 is 0 Å². The molecule has 0 bridgehead atoms. The van der Waals surface area contributed by atoms with Crippen LogP contribution in [0.25, 0.3) is 10.9 Å². The lowest BCUT2D eigenvalue weighted by Crippen LogP contribution is -2.62. The molecule has 0 radical (unpaired) electrons. The van der Waals surface area contributed by atoms with E-state index in [1.54, 1.807) is 0 Å². The average molecular weight is 282 g/mol. The molecule has 1 saturated heterocycles. The molecule has 0 amide bonds. The maximum Gasteiger partial charge on any atom is 0.0950 e. The van der Waals surface area contributed by atoms with Crippen molar-refractivity contribution in [1.29, 1.82) is 0 Å². The highest BCUT2D eigenvalue weighted by molar-refractivity contribution is 5.91. The fourth-order valence-corrected chi connectivity index (χ4v) is 4.08. The summed E-state index contributed by atoms with van der Waals surface area (Å²) in [4.78, 5) is 2.62. The second-order valence-corrected chi connectivity index (χ2v) is 6.36. The molecule has 110 valence electrons. The molecule has 4 heteroatoms. The second kappa shape index (κ2) is 5.26. The Morgan fingerprint density at radius 3 is 2.86 bits per heavy atom. The Morgan fingerprint density at radius 1 is 1.10 bits per heavy atom. The van der Waals surface area contributed by atoms with Crippen molar-refractivity contribution in [2.75, 3.05) is 24.5 Å². The number of nitrogens with one attached hydrogen (secondary N) is 1. The van der Waals surface area contributed by atoms with Gasteiger partial charge in [-0.3, -0.25) is 0 Å². The average Bonchev–Trinajstić information content (AvgIpc) is 2.56. The van der Waals surface area contributed by atoms with Crippen LogP contribution in [0.15, 0.2) is 30.5 Å². The molecule has 0 atom stereocenters. The van der Waals surface area contributed by atoms with E-state index in [9.17, 15) is 0 Å². The normalized spacial score (nSPS) is 21.8. The summed E-state index contributed by atoms with van der Waals surface area (Å²) in [6.45, 7) is 3.22. The largest absolute Gasteiger partial charge is 0.361 e. The van der Waals surface area contributed by atoms with E-state index in [0.29, 0.717) is 0 Å². The first-order valence-corrected chi connectivity index (χ1v) is 8.08. The van der Waals surface area contributed by atoms with Gasteiger partial charge in [-0.2, -0.15) is 10.2 Å². The van der Waals surface area contributed by atoms with Gasteiger partial charge in [-0.25, -0.2) is 0 Å². The zero-order valence-electron chi connectivity index (χ0n) is 12.4. The van der Waals surface area contributed by atoms with E-state index in [2.05, 4.69) is 38.6 Å². The summed E-state index contributed by atoms with van der Waals surface area (Å²) >= 11 is 0. The van der Waals surface area contributed by atoms with Crippen LogP contribution in [0.5, 0.6) is 0 Å².